The molecule has 1 aromatic heterocycles. The molecule has 1 amide bonds. The molecule has 3 rings (SSSR count). The van der Waals surface area contributed by atoms with Crippen LogP contribution in [0.1, 0.15) is 50.0 Å². The summed E-state index contributed by atoms with van der Waals surface area (Å²) in [6.07, 6.45) is 3.34. The zero-order chi connectivity index (χ0) is 21.5. The highest BCUT2D eigenvalue weighted by molar-refractivity contribution is 5.82. The number of rotatable bonds is 9. The van der Waals surface area contributed by atoms with Gasteiger partial charge in [0.1, 0.15) is 17.3 Å². The number of methoxy groups -OCH3 is 2. The molecule has 162 valence electrons. The summed E-state index contributed by atoms with van der Waals surface area (Å²) in [4.78, 5) is 26.3. The Balaban J connectivity index is 1.56. The van der Waals surface area contributed by atoms with Gasteiger partial charge in [-0.3, -0.25) is 9.59 Å². The van der Waals surface area contributed by atoms with Crippen molar-refractivity contribution in [1.82, 2.24) is 15.1 Å². The van der Waals surface area contributed by atoms with Gasteiger partial charge in [0.25, 0.3) is 0 Å². The van der Waals surface area contributed by atoms with E-state index >= 15 is 0 Å². The van der Waals surface area contributed by atoms with Crippen LogP contribution in [0, 0.1) is 5.92 Å². The van der Waals surface area contributed by atoms with E-state index in [1.54, 1.807) is 19.1 Å². The van der Waals surface area contributed by atoms with Gasteiger partial charge in [0, 0.05) is 43.8 Å². The van der Waals surface area contributed by atoms with Crippen LogP contribution in [-0.2, 0) is 22.4 Å². The van der Waals surface area contributed by atoms with Crippen molar-refractivity contribution in [2.24, 2.45) is 5.92 Å². The molecule has 8 nitrogen and oxygen atoms in total. The third-order valence-corrected chi connectivity index (χ3v) is 5.47. The average molecular weight is 415 g/mol. The van der Waals surface area contributed by atoms with Gasteiger partial charge in [-0.05, 0) is 31.0 Å². The molecule has 0 N–H and O–H groups in total. The van der Waals surface area contributed by atoms with Crippen LogP contribution in [-0.4, -0.2) is 54.1 Å². The molecule has 1 fully saturated rings. The maximum Gasteiger partial charge on any atom is 0.223 e. The van der Waals surface area contributed by atoms with E-state index in [4.69, 9.17) is 13.9 Å². The fourth-order valence-corrected chi connectivity index (χ4v) is 3.77. The highest BCUT2D eigenvalue weighted by Crippen LogP contribution is 2.26. The molecule has 8 heteroatoms. The van der Waals surface area contributed by atoms with Gasteiger partial charge in [0.2, 0.25) is 17.7 Å². The number of hydrogen-bond acceptors (Lipinski definition) is 7. The van der Waals surface area contributed by atoms with Crippen LogP contribution in [0.25, 0.3) is 0 Å². The number of amides is 1. The van der Waals surface area contributed by atoms with Crippen LogP contribution in [0.15, 0.2) is 22.6 Å². The molecule has 1 aliphatic rings. The summed E-state index contributed by atoms with van der Waals surface area (Å²) in [6, 6.07) is 5.53. The largest absolute Gasteiger partial charge is 0.497 e. The van der Waals surface area contributed by atoms with Crippen LogP contribution in [0.3, 0.4) is 0 Å². The van der Waals surface area contributed by atoms with Gasteiger partial charge in [0.05, 0.1) is 20.6 Å². The molecular formula is C22H29N3O5. The molecular weight excluding hydrogens is 386 g/mol. The van der Waals surface area contributed by atoms with E-state index in [2.05, 4.69) is 10.2 Å². The second-order valence-electron chi connectivity index (χ2n) is 7.44. The normalized spacial score (nSPS) is 16.4. The first kappa shape index (κ1) is 21.8. The van der Waals surface area contributed by atoms with Gasteiger partial charge in [-0.25, -0.2) is 0 Å². The van der Waals surface area contributed by atoms with Crippen LogP contribution in [0.4, 0.5) is 0 Å². The van der Waals surface area contributed by atoms with E-state index in [-0.39, 0.29) is 24.0 Å². The standard InChI is InChI=1S/C22H29N3O5/c1-4-18(26)15-6-5-11-25(14-15)22(27)10-9-20-23-24-21(30-20)13-16-12-17(28-2)7-8-19(16)29-3/h7-8,12,15H,4-6,9-11,13-14H2,1-3H3/t15-/m1/s1. The highest BCUT2D eigenvalue weighted by atomic mass is 16.5. The van der Waals surface area contributed by atoms with Crippen molar-refractivity contribution in [2.45, 2.75) is 45.4 Å². The number of benzene rings is 1. The molecule has 2 aromatic rings. The molecule has 1 saturated heterocycles. The van der Waals surface area contributed by atoms with Crippen LogP contribution < -0.4 is 9.47 Å². The van der Waals surface area contributed by atoms with Gasteiger partial charge < -0.3 is 18.8 Å². The first-order valence-corrected chi connectivity index (χ1v) is 10.4. The number of carbonyl (C=O) groups is 2. The number of ketones is 1. The Bertz CT molecular complexity index is 879. The van der Waals surface area contributed by atoms with Crippen molar-refractivity contribution < 1.29 is 23.5 Å². The summed E-state index contributed by atoms with van der Waals surface area (Å²) in [5.41, 5.74) is 0.878. The number of hydrogen-bond donors (Lipinski definition) is 0. The lowest BCUT2D eigenvalue weighted by Crippen LogP contribution is -2.42. The molecule has 1 aromatic carbocycles. The van der Waals surface area contributed by atoms with Crippen LogP contribution in [0.2, 0.25) is 0 Å². The minimum absolute atomic E-state index is 0.0258. The summed E-state index contributed by atoms with van der Waals surface area (Å²) in [6.45, 7) is 3.10. The number of ether oxygens (including phenoxy) is 2. The smallest absolute Gasteiger partial charge is 0.223 e. The van der Waals surface area contributed by atoms with E-state index in [1.165, 1.54) is 0 Å². The van der Waals surface area contributed by atoms with Crippen molar-refractivity contribution >= 4 is 11.7 Å². The molecule has 2 heterocycles. The van der Waals surface area contributed by atoms with Crippen molar-refractivity contribution in [1.29, 1.82) is 0 Å². The van der Waals surface area contributed by atoms with Crippen molar-refractivity contribution in [3.05, 3.63) is 35.5 Å². The zero-order valence-electron chi connectivity index (χ0n) is 17.8. The van der Waals surface area contributed by atoms with E-state index in [9.17, 15) is 9.59 Å². The highest BCUT2D eigenvalue weighted by Gasteiger charge is 2.27. The zero-order valence-corrected chi connectivity index (χ0v) is 17.8. The minimum atomic E-state index is -0.0273. The molecule has 0 radical (unpaired) electrons. The average Bonchev–Trinajstić information content (AvgIpc) is 3.24. The molecule has 0 bridgehead atoms. The predicted octanol–water partition coefficient (Wildman–Crippen LogP) is 2.83. The van der Waals surface area contributed by atoms with Crippen LogP contribution >= 0.6 is 0 Å². The summed E-state index contributed by atoms with van der Waals surface area (Å²) < 4.78 is 16.4. The lowest BCUT2D eigenvalue weighted by Gasteiger charge is -2.32. The Kier molecular flexibility index (Phi) is 7.43. The molecule has 1 atom stereocenters. The first-order valence-electron chi connectivity index (χ1n) is 10.4. The Hall–Kier alpha value is -2.90. The Labute approximate surface area is 176 Å². The summed E-state index contributed by atoms with van der Waals surface area (Å²) in [7, 11) is 3.21. The Morgan fingerprint density at radius 1 is 1.20 bits per heavy atom. The number of piperidine rings is 1. The second kappa shape index (κ2) is 10.2. The predicted molar refractivity (Wildman–Crippen MR) is 110 cm³/mol. The third kappa shape index (κ3) is 5.37. The number of aromatic nitrogens is 2. The van der Waals surface area contributed by atoms with Gasteiger partial charge in [-0.2, -0.15) is 0 Å². The van der Waals surface area contributed by atoms with Crippen molar-refractivity contribution in [2.75, 3.05) is 27.3 Å². The number of likely N-dealkylation sites (tertiary alicyclic amines) is 1. The maximum absolute atomic E-state index is 12.6. The van der Waals surface area contributed by atoms with Gasteiger partial charge in [-0.15, -0.1) is 10.2 Å². The molecule has 30 heavy (non-hydrogen) atoms. The summed E-state index contributed by atoms with van der Waals surface area (Å²) in [5.74, 6) is 2.55. The quantitative estimate of drug-likeness (QED) is 0.621. The van der Waals surface area contributed by atoms with E-state index < -0.39 is 0 Å². The van der Waals surface area contributed by atoms with E-state index in [1.807, 2.05) is 25.1 Å². The van der Waals surface area contributed by atoms with Crippen molar-refractivity contribution in [3.8, 4) is 11.5 Å². The van der Waals surface area contributed by atoms with Gasteiger partial charge >= 0.3 is 0 Å². The van der Waals surface area contributed by atoms with Crippen molar-refractivity contribution in [3.63, 3.8) is 0 Å². The minimum Gasteiger partial charge on any atom is -0.497 e. The topological polar surface area (TPSA) is 94.8 Å². The molecule has 0 saturated carbocycles. The molecule has 0 spiro atoms. The number of Topliss-reactive ketones (excluding diaryl/α,β-unsaturated/α-hetero) is 1. The Morgan fingerprint density at radius 3 is 2.73 bits per heavy atom. The fourth-order valence-electron chi connectivity index (χ4n) is 3.77. The third-order valence-electron chi connectivity index (χ3n) is 5.47. The summed E-state index contributed by atoms with van der Waals surface area (Å²) >= 11 is 0. The van der Waals surface area contributed by atoms with Gasteiger partial charge in [-0.1, -0.05) is 6.92 Å². The van der Waals surface area contributed by atoms with Crippen LogP contribution in [0.5, 0.6) is 11.5 Å². The summed E-state index contributed by atoms with van der Waals surface area (Å²) in [5, 5.41) is 8.17. The molecule has 0 unspecified atom stereocenters. The monoisotopic (exact) mass is 415 g/mol. The number of aryl methyl sites for hydroxylation is 1. The van der Waals surface area contributed by atoms with E-state index in [0.717, 1.165) is 24.2 Å². The lowest BCUT2D eigenvalue weighted by molar-refractivity contribution is -0.135. The molecule has 1 aliphatic heterocycles. The number of carbonyl (C=O) groups excluding carboxylic acids is 2. The van der Waals surface area contributed by atoms with Gasteiger partial charge in [0.15, 0.2) is 0 Å². The maximum atomic E-state index is 12.6. The lowest BCUT2D eigenvalue weighted by atomic mass is 9.92. The SMILES string of the molecule is CCC(=O)[C@@H]1CCCN(C(=O)CCc2nnc(Cc3cc(OC)ccc3OC)o2)C1. The first-order chi connectivity index (χ1) is 14.5. The molecule has 0 aliphatic carbocycles. The number of nitrogens with zero attached hydrogens (tertiary/aromatic N) is 3. The van der Waals surface area contributed by atoms with E-state index in [0.29, 0.717) is 49.9 Å². The second-order valence-corrected chi connectivity index (χ2v) is 7.44. The fraction of sp³-hybridized carbons (Fsp3) is 0.545. The Morgan fingerprint density at radius 2 is 2.00 bits per heavy atom.